The Bertz CT molecular complexity index is 712. The second-order valence-electron chi connectivity index (χ2n) is 8.36. The van der Waals surface area contributed by atoms with Crippen LogP contribution in [0.15, 0.2) is 0 Å². The molecule has 3 N–H and O–H groups in total. The first kappa shape index (κ1) is 22.0. The first-order valence-electron chi connectivity index (χ1n) is 10.8. The third kappa shape index (κ3) is 5.09. The van der Waals surface area contributed by atoms with Crippen molar-refractivity contribution < 1.29 is 28.7 Å². The number of urea groups is 2. The van der Waals surface area contributed by atoms with Gasteiger partial charge in [-0.1, -0.05) is 25.7 Å². The van der Waals surface area contributed by atoms with Gasteiger partial charge in [-0.15, -0.1) is 0 Å². The second-order valence-corrected chi connectivity index (χ2v) is 8.36. The smallest absolute Gasteiger partial charge is 0.325 e. The number of carbonyl (C=O) groups excluding carboxylic acids is 5. The maximum Gasteiger partial charge on any atom is 0.325 e. The molecular weight excluding hydrogens is 392 g/mol. The van der Waals surface area contributed by atoms with Gasteiger partial charge < -0.3 is 15.4 Å². The molecule has 1 heterocycles. The number of rotatable bonds is 7. The molecular formula is C20H30N4O6. The Morgan fingerprint density at radius 2 is 1.83 bits per heavy atom. The Balaban J connectivity index is 1.35. The van der Waals surface area contributed by atoms with E-state index >= 15 is 0 Å². The molecule has 30 heavy (non-hydrogen) atoms. The number of nitrogens with zero attached hydrogens (tertiary/aromatic N) is 1. The molecule has 10 nitrogen and oxygen atoms in total. The molecule has 2 aliphatic carbocycles. The van der Waals surface area contributed by atoms with Crippen LogP contribution in [0.4, 0.5) is 9.59 Å². The number of imide groups is 2. The van der Waals surface area contributed by atoms with Crippen molar-refractivity contribution in [2.75, 3.05) is 6.54 Å². The average Bonchev–Trinajstić information content (AvgIpc) is 3.41. The summed E-state index contributed by atoms with van der Waals surface area (Å²) in [6.07, 6.45) is 6.09. The standard InChI is InChI=1S/C20H30N4O6/c1-13(16(26)22-18(28)21-14-7-2-3-8-14)30-15(25)9-6-12-24-17(27)20(23-19(24)29)10-4-5-11-20/h13-14H,2-12H2,1H3,(H,23,29)(H2,21,22,26,28)/t13-/m1/s1. The summed E-state index contributed by atoms with van der Waals surface area (Å²) >= 11 is 0. The predicted molar refractivity (Wildman–Crippen MR) is 105 cm³/mol. The van der Waals surface area contributed by atoms with Crippen molar-refractivity contribution in [3.8, 4) is 0 Å². The van der Waals surface area contributed by atoms with Crippen LogP contribution in [-0.4, -0.2) is 59.0 Å². The Kier molecular flexibility index (Phi) is 6.94. The zero-order valence-electron chi connectivity index (χ0n) is 17.3. The van der Waals surface area contributed by atoms with E-state index in [2.05, 4.69) is 16.0 Å². The summed E-state index contributed by atoms with van der Waals surface area (Å²) in [5, 5.41) is 7.69. The third-order valence-electron chi connectivity index (χ3n) is 6.07. The van der Waals surface area contributed by atoms with Crippen LogP contribution in [0.2, 0.25) is 0 Å². The SMILES string of the molecule is C[C@@H](OC(=O)CCCN1C(=O)NC2(CCCC2)C1=O)C(=O)NC(=O)NC1CCCC1. The van der Waals surface area contributed by atoms with Crippen molar-refractivity contribution in [2.24, 2.45) is 0 Å². The molecule has 0 radical (unpaired) electrons. The molecule has 1 atom stereocenters. The van der Waals surface area contributed by atoms with E-state index in [0.29, 0.717) is 12.8 Å². The highest BCUT2D eigenvalue weighted by Gasteiger charge is 2.52. The zero-order chi connectivity index (χ0) is 21.7. The minimum absolute atomic E-state index is 0.0457. The molecule has 10 heteroatoms. The van der Waals surface area contributed by atoms with Crippen molar-refractivity contribution in [1.29, 1.82) is 0 Å². The van der Waals surface area contributed by atoms with Gasteiger partial charge >= 0.3 is 18.0 Å². The Hall–Kier alpha value is -2.65. The number of ether oxygens (including phenoxy) is 1. The molecule has 1 saturated heterocycles. The van der Waals surface area contributed by atoms with E-state index in [-0.39, 0.29) is 31.3 Å². The number of hydrogen-bond acceptors (Lipinski definition) is 6. The summed E-state index contributed by atoms with van der Waals surface area (Å²) in [6.45, 7) is 1.50. The molecule has 3 fully saturated rings. The predicted octanol–water partition coefficient (Wildman–Crippen LogP) is 1.33. The van der Waals surface area contributed by atoms with Crippen LogP contribution in [0, 0.1) is 0 Å². The number of nitrogens with one attached hydrogen (secondary N) is 3. The van der Waals surface area contributed by atoms with Gasteiger partial charge in [0.2, 0.25) is 0 Å². The van der Waals surface area contributed by atoms with Crippen molar-refractivity contribution in [3.63, 3.8) is 0 Å². The number of esters is 1. The van der Waals surface area contributed by atoms with Gasteiger partial charge in [-0.2, -0.15) is 0 Å². The molecule has 0 bridgehead atoms. The summed E-state index contributed by atoms with van der Waals surface area (Å²) in [5.41, 5.74) is -0.761. The molecule has 0 aromatic rings. The minimum Gasteiger partial charge on any atom is -0.453 e. The molecule has 6 amide bonds. The van der Waals surface area contributed by atoms with E-state index in [1.165, 1.54) is 6.92 Å². The summed E-state index contributed by atoms with van der Waals surface area (Å²) < 4.78 is 5.06. The molecule has 0 aromatic heterocycles. The van der Waals surface area contributed by atoms with Crippen molar-refractivity contribution in [3.05, 3.63) is 0 Å². The van der Waals surface area contributed by atoms with E-state index in [1.807, 2.05) is 0 Å². The third-order valence-corrected chi connectivity index (χ3v) is 6.07. The maximum atomic E-state index is 12.5. The number of hydrogen-bond donors (Lipinski definition) is 3. The van der Waals surface area contributed by atoms with Gasteiger partial charge in [-0.05, 0) is 39.0 Å². The van der Waals surface area contributed by atoms with Crippen molar-refractivity contribution in [2.45, 2.75) is 88.8 Å². The lowest BCUT2D eigenvalue weighted by molar-refractivity contribution is -0.154. The molecule has 166 valence electrons. The van der Waals surface area contributed by atoms with Crippen LogP contribution in [0.25, 0.3) is 0 Å². The lowest BCUT2D eigenvalue weighted by Gasteiger charge is -2.20. The summed E-state index contributed by atoms with van der Waals surface area (Å²) in [4.78, 5) is 61.7. The van der Waals surface area contributed by atoms with Gasteiger partial charge in [0, 0.05) is 19.0 Å². The molecule has 3 rings (SSSR count). The summed E-state index contributed by atoms with van der Waals surface area (Å²) in [7, 11) is 0. The molecule has 0 aromatic carbocycles. The van der Waals surface area contributed by atoms with Crippen LogP contribution < -0.4 is 16.0 Å². The maximum absolute atomic E-state index is 12.5. The van der Waals surface area contributed by atoms with Crippen LogP contribution in [0.5, 0.6) is 0 Å². The Morgan fingerprint density at radius 3 is 2.50 bits per heavy atom. The highest BCUT2D eigenvalue weighted by atomic mass is 16.5. The molecule has 1 aliphatic heterocycles. The number of amides is 6. The van der Waals surface area contributed by atoms with Gasteiger partial charge in [0.15, 0.2) is 6.10 Å². The fraction of sp³-hybridized carbons (Fsp3) is 0.750. The summed E-state index contributed by atoms with van der Waals surface area (Å²) in [6, 6.07) is -0.935. The highest BCUT2D eigenvalue weighted by Crippen LogP contribution is 2.35. The van der Waals surface area contributed by atoms with E-state index < -0.39 is 35.6 Å². The van der Waals surface area contributed by atoms with E-state index in [1.54, 1.807) is 0 Å². The molecule has 0 unspecified atom stereocenters. The lowest BCUT2D eigenvalue weighted by atomic mass is 9.98. The van der Waals surface area contributed by atoms with Gasteiger partial charge in [-0.25, -0.2) is 9.59 Å². The van der Waals surface area contributed by atoms with Gasteiger partial charge in [0.05, 0.1) is 0 Å². The highest BCUT2D eigenvalue weighted by molar-refractivity contribution is 6.07. The minimum atomic E-state index is -1.12. The zero-order valence-corrected chi connectivity index (χ0v) is 17.3. The Morgan fingerprint density at radius 1 is 1.17 bits per heavy atom. The van der Waals surface area contributed by atoms with Crippen LogP contribution in [-0.2, 0) is 19.1 Å². The normalized spacial score (nSPS) is 21.6. The largest absolute Gasteiger partial charge is 0.453 e. The fourth-order valence-electron chi connectivity index (χ4n) is 4.39. The van der Waals surface area contributed by atoms with E-state index in [4.69, 9.17) is 4.74 Å². The van der Waals surface area contributed by atoms with Crippen molar-refractivity contribution in [1.82, 2.24) is 20.9 Å². The monoisotopic (exact) mass is 422 g/mol. The van der Waals surface area contributed by atoms with Crippen molar-refractivity contribution >= 4 is 29.8 Å². The number of carbonyl (C=O) groups is 5. The first-order chi connectivity index (χ1) is 14.3. The van der Waals surface area contributed by atoms with Crippen LogP contribution in [0.1, 0.15) is 71.1 Å². The summed E-state index contributed by atoms with van der Waals surface area (Å²) in [5.74, 6) is -1.55. The quantitative estimate of drug-likeness (QED) is 0.419. The molecule has 1 spiro atoms. The van der Waals surface area contributed by atoms with E-state index in [9.17, 15) is 24.0 Å². The average molecular weight is 422 g/mol. The van der Waals surface area contributed by atoms with Crippen LogP contribution in [0.3, 0.4) is 0 Å². The fourth-order valence-corrected chi connectivity index (χ4v) is 4.39. The van der Waals surface area contributed by atoms with Crippen LogP contribution >= 0.6 is 0 Å². The van der Waals surface area contributed by atoms with Gasteiger partial charge in [0.25, 0.3) is 11.8 Å². The van der Waals surface area contributed by atoms with Gasteiger partial charge in [0.1, 0.15) is 5.54 Å². The topological polar surface area (TPSA) is 134 Å². The molecule has 2 saturated carbocycles. The Labute approximate surface area is 175 Å². The lowest BCUT2D eigenvalue weighted by Crippen LogP contribution is -2.47. The van der Waals surface area contributed by atoms with E-state index in [0.717, 1.165) is 43.4 Å². The second kappa shape index (κ2) is 9.44. The van der Waals surface area contributed by atoms with Gasteiger partial charge in [-0.3, -0.25) is 24.6 Å². The first-order valence-corrected chi connectivity index (χ1v) is 10.8. The molecule has 3 aliphatic rings.